The molecule has 0 unspecified atom stereocenters. The second kappa shape index (κ2) is 10.6. The Hall–Kier alpha value is -2.58. The molecule has 0 radical (unpaired) electrons. The zero-order valence-electron chi connectivity index (χ0n) is 17.5. The van der Waals surface area contributed by atoms with Crippen LogP contribution < -0.4 is 10.1 Å². The van der Waals surface area contributed by atoms with Crippen molar-refractivity contribution in [3.8, 4) is 22.1 Å². The molecule has 1 aliphatic rings. The molecule has 0 fully saturated rings. The van der Waals surface area contributed by atoms with Crippen molar-refractivity contribution in [3.63, 3.8) is 0 Å². The highest BCUT2D eigenvalue weighted by Gasteiger charge is 2.20. The molecular formula is C23H26N4O2S2. The molecule has 2 heterocycles. The normalized spacial score (nSPS) is 13.6. The van der Waals surface area contributed by atoms with Gasteiger partial charge in [0.05, 0.1) is 23.4 Å². The molecule has 0 saturated heterocycles. The van der Waals surface area contributed by atoms with E-state index in [0.29, 0.717) is 11.7 Å². The maximum Gasteiger partial charge on any atom is 0.230 e. The van der Waals surface area contributed by atoms with Crippen molar-refractivity contribution in [1.29, 1.82) is 0 Å². The molecule has 0 spiro atoms. The molecule has 1 amide bonds. The molecular weight excluding hydrogens is 428 g/mol. The average molecular weight is 455 g/mol. The van der Waals surface area contributed by atoms with Crippen LogP contribution in [-0.2, 0) is 4.79 Å². The van der Waals surface area contributed by atoms with E-state index < -0.39 is 0 Å². The van der Waals surface area contributed by atoms with Gasteiger partial charge in [-0.25, -0.2) is 0 Å². The third kappa shape index (κ3) is 5.37. The van der Waals surface area contributed by atoms with E-state index in [-0.39, 0.29) is 11.7 Å². The Labute approximate surface area is 190 Å². The second-order valence-electron chi connectivity index (χ2n) is 7.29. The number of allylic oxidation sites excluding steroid dienone is 1. The van der Waals surface area contributed by atoms with Crippen molar-refractivity contribution < 1.29 is 9.53 Å². The fraction of sp³-hybridized carbons (Fsp3) is 0.348. The molecule has 3 aromatic rings. The highest BCUT2D eigenvalue weighted by Crippen LogP contribution is 2.34. The molecule has 0 aliphatic heterocycles. The van der Waals surface area contributed by atoms with Crippen LogP contribution in [0.3, 0.4) is 0 Å². The summed E-state index contributed by atoms with van der Waals surface area (Å²) in [5, 5.41) is 14.5. The van der Waals surface area contributed by atoms with Crippen LogP contribution in [0.15, 0.2) is 58.6 Å². The predicted octanol–water partition coefficient (Wildman–Crippen LogP) is 5.10. The van der Waals surface area contributed by atoms with Gasteiger partial charge in [0.25, 0.3) is 0 Å². The van der Waals surface area contributed by atoms with Gasteiger partial charge in [0, 0.05) is 6.54 Å². The molecule has 4 rings (SSSR count). The number of hydrogen-bond acceptors (Lipinski definition) is 6. The lowest BCUT2D eigenvalue weighted by Gasteiger charge is -2.14. The Kier molecular flexibility index (Phi) is 7.43. The third-order valence-electron chi connectivity index (χ3n) is 5.19. The minimum atomic E-state index is 0.00802. The van der Waals surface area contributed by atoms with Crippen LogP contribution in [0.5, 0.6) is 5.75 Å². The van der Waals surface area contributed by atoms with Gasteiger partial charge in [0.1, 0.15) is 5.75 Å². The van der Waals surface area contributed by atoms with Gasteiger partial charge in [0.15, 0.2) is 11.0 Å². The number of nitrogens with one attached hydrogen (secondary N) is 1. The summed E-state index contributed by atoms with van der Waals surface area (Å²) in [7, 11) is 1.65. The number of methoxy groups -OCH3 is 1. The monoisotopic (exact) mass is 454 g/mol. The predicted molar refractivity (Wildman–Crippen MR) is 126 cm³/mol. The van der Waals surface area contributed by atoms with Gasteiger partial charge in [-0.3, -0.25) is 9.36 Å². The van der Waals surface area contributed by atoms with E-state index >= 15 is 0 Å². The quantitative estimate of drug-likeness (QED) is 0.360. The molecule has 1 aromatic carbocycles. The number of nitrogens with zero attached hydrogens (tertiary/aromatic N) is 3. The summed E-state index contributed by atoms with van der Waals surface area (Å²) in [6.07, 6.45) is 8.15. The maximum absolute atomic E-state index is 12.4. The first-order valence-electron chi connectivity index (χ1n) is 10.5. The molecule has 0 bridgehead atoms. The number of hydrogen-bond donors (Lipinski definition) is 1. The highest BCUT2D eigenvalue weighted by atomic mass is 32.2. The largest absolute Gasteiger partial charge is 0.495 e. The van der Waals surface area contributed by atoms with Gasteiger partial charge >= 0.3 is 0 Å². The van der Waals surface area contributed by atoms with Crippen molar-refractivity contribution in [2.45, 2.75) is 37.3 Å². The highest BCUT2D eigenvalue weighted by molar-refractivity contribution is 7.99. The number of aromatic nitrogens is 3. The molecule has 1 aliphatic carbocycles. The SMILES string of the molecule is COc1ccccc1-n1c(SCC(=O)NCCC2=CCCCC2)nnc1-c1cccs1. The molecule has 31 heavy (non-hydrogen) atoms. The number of rotatable bonds is 9. The zero-order chi connectivity index (χ0) is 21.5. The van der Waals surface area contributed by atoms with E-state index in [1.807, 2.05) is 46.3 Å². The standard InChI is InChI=1S/C23H26N4O2S2/c1-29-19-11-6-5-10-18(19)27-22(20-12-7-15-30-20)25-26-23(27)31-16-21(28)24-14-13-17-8-3-2-4-9-17/h5-8,10-12,15H,2-4,9,13-14,16H2,1H3,(H,24,28). The van der Waals surface area contributed by atoms with Crippen LogP contribution in [0, 0.1) is 0 Å². The smallest absolute Gasteiger partial charge is 0.230 e. The third-order valence-corrected chi connectivity index (χ3v) is 6.98. The lowest BCUT2D eigenvalue weighted by atomic mass is 9.97. The summed E-state index contributed by atoms with van der Waals surface area (Å²) in [6, 6.07) is 11.8. The first-order chi connectivity index (χ1) is 15.3. The van der Waals surface area contributed by atoms with Crippen molar-refractivity contribution in [2.75, 3.05) is 19.4 Å². The Morgan fingerprint density at radius 3 is 2.90 bits per heavy atom. The molecule has 8 heteroatoms. The fourth-order valence-electron chi connectivity index (χ4n) is 3.64. The van der Waals surface area contributed by atoms with Crippen LogP contribution in [0.25, 0.3) is 16.4 Å². The lowest BCUT2D eigenvalue weighted by molar-refractivity contribution is -0.118. The van der Waals surface area contributed by atoms with Crippen molar-refractivity contribution in [3.05, 3.63) is 53.4 Å². The summed E-state index contributed by atoms with van der Waals surface area (Å²) in [5.74, 6) is 1.77. The number of para-hydroxylation sites is 2. The van der Waals surface area contributed by atoms with Gasteiger partial charge in [0.2, 0.25) is 5.91 Å². The number of thiophene rings is 1. The number of benzene rings is 1. The summed E-state index contributed by atoms with van der Waals surface area (Å²) in [5.41, 5.74) is 2.32. The summed E-state index contributed by atoms with van der Waals surface area (Å²) < 4.78 is 7.53. The first-order valence-corrected chi connectivity index (χ1v) is 12.3. The Bertz CT molecular complexity index is 1040. The van der Waals surface area contributed by atoms with Gasteiger partial charge in [-0.1, -0.05) is 41.6 Å². The molecule has 162 valence electrons. The Balaban J connectivity index is 1.47. The number of ether oxygens (including phenoxy) is 1. The molecule has 1 N–H and O–H groups in total. The van der Waals surface area contributed by atoms with E-state index in [0.717, 1.165) is 35.0 Å². The van der Waals surface area contributed by atoms with Gasteiger partial charge in [-0.15, -0.1) is 21.5 Å². The van der Waals surface area contributed by atoms with Crippen molar-refractivity contribution >= 4 is 29.0 Å². The van der Waals surface area contributed by atoms with E-state index in [4.69, 9.17) is 4.74 Å². The van der Waals surface area contributed by atoms with E-state index in [2.05, 4.69) is 21.6 Å². The molecule has 2 aromatic heterocycles. The van der Waals surface area contributed by atoms with Crippen molar-refractivity contribution in [1.82, 2.24) is 20.1 Å². The van der Waals surface area contributed by atoms with Gasteiger partial charge < -0.3 is 10.1 Å². The van der Waals surface area contributed by atoms with Crippen LogP contribution in [0.4, 0.5) is 0 Å². The Morgan fingerprint density at radius 2 is 2.13 bits per heavy atom. The lowest BCUT2D eigenvalue weighted by Crippen LogP contribution is -2.26. The average Bonchev–Trinajstić information content (AvgIpc) is 3.48. The Morgan fingerprint density at radius 1 is 1.23 bits per heavy atom. The first kappa shape index (κ1) is 21.6. The van der Waals surface area contributed by atoms with E-state index in [1.165, 1.54) is 36.6 Å². The van der Waals surface area contributed by atoms with E-state index in [9.17, 15) is 4.79 Å². The fourth-order valence-corrected chi connectivity index (χ4v) is 5.11. The topological polar surface area (TPSA) is 69.0 Å². The minimum Gasteiger partial charge on any atom is -0.495 e. The van der Waals surface area contributed by atoms with Crippen LogP contribution >= 0.6 is 23.1 Å². The van der Waals surface area contributed by atoms with Crippen molar-refractivity contribution in [2.24, 2.45) is 0 Å². The van der Waals surface area contributed by atoms with Crippen LogP contribution in [0.1, 0.15) is 32.1 Å². The number of carbonyl (C=O) groups is 1. The maximum atomic E-state index is 12.4. The van der Waals surface area contributed by atoms with Crippen LogP contribution in [0.2, 0.25) is 0 Å². The summed E-state index contributed by atoms with van der Waals surface area (Å²) >= 11 is 2.99. The zero-order valence-corrected chi connectivity index (χ0v) is 19.2. The van der Waals surface area contributed by atoms with E-state index in [1.54, 1.807) is 18.4 Å². The number of amides is 1. The molecule has 0 saturated carbocycles. The number of carbonyl (C=O) groups excluding carboxylic acids is 1. The van der Waals surface area contributed by atoms with Gasteiger partial charge in [-0.2, -0.15) is 0 Å². The van der Waals surface area contributed by atoms with Gasteiger partial charge in [-0.05, 0) is 55.7 Å². The van der Waals surface area contributed by atoms with Crippen LogP contribution in [-0.4, -0.2) is 40.1 Å². The summed E-state index contributed by atoms with van der Waals surface area (Å²) in [6.45, 7) is 0.685. The minimum absolute atomic E-state index is 0.00802. The second-order valence-corrected chi connectivity index (χ2v) is 9.18. The number of thioether (sulfide) groups is 1. The molecule has 0 atom stereocenters. The summed E-state index contributed by atoms with van der Waals surface area (Å²) in [4.78, 5) is 13.4. The molecule has 6 nitrogen and oxygen atoms in total.